The monoisotopic (exact) mass is 349 g/mol. The molecule has 0 aliphatic heterocycles. The van der Waals surface area contributed by atoms with Crippen molar-refractivity contribution in [2.75, 3.05) is 13.1 Å². The predicted molar refractivity (Wildman–Crippen MR) is 78.3 cm³/mol. The SMILES string of the molecule is CCCNCC(C)Cn1c(C)ncc(I)c1=O. The van der Waals surface area contributed by atoms with Gasteiger partial charge in [-0.25, -0.2) is 4.98 Å². The normalized spacial score (nSPS) is 12.7. The Morgan fingerprint density at radius 1 is 1.59 bits per heavy atom. The van der Waals surface area contributed by atoms with Crippen LogP contribution in [0.25, 0.3) is 0 Å². The van der Waals surface area contributed by atoms with Crippen LogP contribution < -0.4 is 10.9 Å². The summed E-state index contributed by atoms with van der Waals surface area (Å²) in [6.07, 6.45) is 2.77. The van der Waals surface area contributed by atoms with Gasteiger partial charge in [-0.2, -0.15) is 0 Å². The molecule has 4 nitrogen and oxygen atoms in total. The summed E-state index contributed by atoms with van der Waals surface area (Å²) in [7, 11) is 0. The lowest BCUT2D eigenvalue weighted by atomic mass is 10.1. The third-order valence-electron chi connectivity index (χ3n) is 2.62. The van der Waals surface area contributed by atoms with Gasteiger partial charge in [-0.3, -0.25) is 9.36 Å². The van der Waals surface area contributed by atoms with Crippen LogP contribution in [-0.2, 0) is 6.54 Å². The maximum Gasteiger partial charge on any atom is 0.266 e. The molecule has 1 unspecified atom stereocenters. The minimum Gasteiger partial charge on any atom is -0.316 e. The zero-order valence-corrected chi connectivity index (χ0v) is 12.8. The molecule has 96 valence electrons. The summed E-state index contributed by atoms with van der Waals surface area (Å²) in [5, 5.41) is 3.37. The van der Waals surface area contributed by atoms with Crippen LogP contribution in [0.15, 0.2) is 11.0 Å². The number of nitrogens with one attached hydrogen (secondary N) is 1. The average molecular weight is 349 g/mol. The van der Waals surface area contributed by atoms with E-state index in [0.717, 1.165) is 31.9 Å². The van der Waals surface area contributed by atoms with E-state index in [9.17, 15) is 4.79 Å². The Labute approximate surface area is 116 Å². The van der Waals surface area contributed by atoms with Gasteiger partial charge in [-0.05, 0) is 54.9 Å². The maximum absolute atomic E-state index is 12.0. The molecule has 0 amide bonds. The van der Waals surface area contributed by atoms with Gasteiger partial charge in [0.2, 0.25) is 0 Å². The van der Waals surface area contributed by atoms with Gasteiger partial charge in [0.25, 0.3) is 5.56 Å². The van der Waals surface area contributed by atoms with Crippen molar-refractivity contribution in [3.05, 3.63) is 25.9 Å². The average Bonchev–Trinajstić information content (AvgIpc) is 2.30. The first-order valence-electron chi connectivity index (χ1n) is 5.99. The van der Waals surface area contributed by atoms with Crippen molar-refractivity contribution in [3.8, 4) is 0 Å². The van der Waals surface area contributed by atoms with Crippen LogP contribution in [0.4, 0.5) is 0 Å². The predicted octanol–water partition coefficient (Wildman–Crippen LogP) is 1.79. The second-order valence-corrected chi connectivity index (χ2v) is 5.54. The molecular formula is C12H20IN3O. The fourth-order valence-corrected chi connectivity index (χ4v) is 2.10. The van der Waals surface area contributed by atoms with Crippen LogP contribution in [0.5, 0.6) is 0 Å². The first kappa shape index (κ1) is 14.6. The fourth-order valence-electron chi connectivity index (χ4n) is 1.67. The standard InChI is InChI=1S/C12H20IN3O/c1-4-5-14-6-9(2)8-16-10(3)15-7-11(13)12(16)17/h7,9,14H,4-6,8H2,1-3H3. The molecule has 0 saturated heterocycles. The molecule has 0 spiro atoms. The van der Waals surface area contributed by atoms with Gasteiger partial charge in [-0.15, -0.1) is 0 Å². The van der Waals surface area contributed by atoms with Crippen LogP contribution in [0, 0.1) is 16.4 Å². The van der Waals surface area contributed by atoms with E-state index in [1.54, 1.807) is 10.8 Å². The van der Waals surface area contributed by atoms with E-state index < -0.39 is 0 Å². The summed E-state index contributed by atoms with van der Waals surface area (Å²) in [5.74, 6) is 1.22. The number of hydrogen-bond donors (Lipinski definition) is 1. The third kappa shape index (κ3) is 4.39. The van der Waals surface area contributed by atoms with Crippen molar-refractivity contribution >= 4 is 22.6 Å². The maximum atomic E-state index is 12.0. The zero-order valence-electron chi connectivity index (χ0n) is 10.7. The Bertz CT molecular complexity index is 417. The van der Waals surface area contributed by atoms with Gasteiger partial charge in [0.05, 0.1) is 3.57 Å². The molecule has 1 heterocycles. The summed E-state index contributed by atoms with van der Waals surface area (Å²) >= 11 is 2.04. The fraction of sp³-hybridized carbons (Fsp3) is 0.667. The van der Waals surface area contributed by atoms with Crippen LogP contribution >= 0.6 is 22.6 Å². The van der Waals surface area contributed by atoms with Gasteiger partial charge in [0, 0.05) is 12.7 Å². The van der Waals surface area contributed by atoms with Crippen LogP contribution in [-0.4, -0.2) is 22.6 Å². The van der Waals surface area contributed by atoms with Gasteiger partial charge >= 0.3 is 0 Å². The Morgan fingerprint density at radius 3 is 2.94 bits per heavy atom. The van der Waals surface area contributed by atoms with Gasteiger partial charge < -0.3 is 5.32 Å². The van der Waals surface area contributed by atoms with Crippen molar-refractivity contribution in [2.45, 2.75) is 33.7 Å². The summed E-state index contributed by atoms with van der Waals surface area (Å²) in [4.78, 5) is 16.2. The number of aromatic nitrogens is 2. The van der Waals surface area contributed by atoms with E-state index in [-0.39, 0.29) is 5.56 Å². The molecule has 5 heteroatoms. The summed E-state index contributed by atoms with van der Waals surface area (Å²) in [5.41, 5.74) is 0.0699. The van der Waals surface area contributed by atoms with E-state index in [2.05, 4.69) is 24.1 Å². The zero-order chi connectivity index (χ0) is 12.8. The first-order valence-corrected chi connectivity index (χ1v) is 7.06. The molecular weight excluding hydrogens is 329 g/mol. The van der Waals surface area contributed by atoms with Gasteiger partial charge in [-0.1, -0.05) is 13.8 Å². The second-order valence-electron chi connectivity index (χ2n) is 4.38. The largest absolute Gasteiger partial charge is 0.316 e. The lowest BCUT2D eigenvalue weighted by molar-refractivity contribution is 0.429. The first-order chi connectivity index (χ1) is 8.06. The molecule has 1 rings (SSSR count). The molecule has 0 radical (unpaired) electrons. The summed E-state index contributed by atoms with van der Waals surface area (Å²) in [6, 6.07) is 0. The Balaban J connectivity index is 2.68. The molecule has 0 fully saturated rings. The number of rotatable bonds is 6. The molecule has 1 aromatic heterocycles. The van der Waals surface area contributed by atoms with E-state index in [0.29, 0.717) is 9.49 Å². The Hall–Kier alpha value is -0.430. The highest BCUT2D eigenvalue weighted by atomic mass is 127. The molecule has 0 bridgehead atoms. The quantitative estimate of drug-likeness (QED) is 0.629. The van der Waals surface area contributed by atoms with Crippen molar-refractivity contribution < 1.29 is 0 Å². The Morgan fingerprint density at radius 2 is 2.29 bits per heavy atom. The second kappa shape index (κ2) is 7.10. The third-order valence-corrected chi connectivity index (χ3v) is 3.36. The highest BCUT2D eigenvalue weighted by Crippen LogP contribution is 2.02. The summed E-state index contributed by atoms with van der Waals surface area (Å²) < 4.78 is 2.45. The molecule has 1 N–H and O–H groups in total. The van der Waals surface area contributed by atoms with E-state index in [4.69, 9.17) is 0 Å². The lowest BCUT2D eigenvalue weighted by Gasteiger charge is -2.15. The van der Waals surface area contributed by atoms with E-state index in [1.807, 2.05) is 29.5 Å². The Kier molecular flexibility index (Phi) is 6.11. The van der Waals surface area contributed by atoms with Crippen molar-refractivity contribution in [1.82, 2.24) is 14.9 Å². The highest BCUT2D eigenvalue weighted by molar-refractivity contribution is 14.1. The molecule has 0 aromatic carbocycles. The molecule has 0 aliphatic carbocycles. The van der Waals surface area contributed by atoms with E-state index >= 15 is 0 Å². The molecule has 1 aromatic rings. The van der Waals surface area contributed by atoms with Crippen LogP contribution in [0.3, 0.4) is 0 Å². The number of hydrogen-bond acceptors (Lipinski definition) is 3. The molecule has 17 heavy (non-hydrogen) atoms. The van der Waals surface area contributed by atoms with Crippen molar-refractivity contribution in [3.63, 3.8) is 0 Å². The molecule has 1 atom stereocenters. The van der Waals surface area contributed by atoms with Crippen molar-refractivity contribution in [2.24, 2.45) is 5.92 Å². The van der Waals surface area contributed by atoms with Crippen LogP contribution in [0.2, 0.25) is 0 Å². The summed E-state index contributed by atoms with van der Waals surface area (Å²) in [6.45, 7) is 8.87. The van der Waals surface area contributed by atoms with Crippen molar-refractivity contribution in [1.29, 1.82) is 0 Å². The number of aryl methyl sites for hydroxylation is 1. The van der Waals surface area contributed by atoms with E-state index in [1.165, 1.54) is 0 Å². The minimum atomic E-state index is 0.0699. The lowest BCUT2D eigenvalue weighted by Crippen LogP contribution is -2.31. The van der Waals surface area contributed by atoms with Gasteiger partial charge in [0.15, 0.2) is 0 Å². The van der Waals surface area contributed by atoms with Gasteiger partial charge in [0.1, 0.15) is 5.82 Å². The minimum absolute atomic E-state index is 0.0699. The number of halogens is 1. The number of nitrogens with zero attached hydrogens (tertiary/aromatic N) is 2. The highest BCUT2D eigenvalue weighted by Gasteiger charge is 2.09. The molecule has 0 saturated carbocycles. The topological polar surface area (TPSA) is 46.9 Å². The molecule has 0 aliphatic rings. The smallest absolute Gasteiger partial charge is 0.266 e. The van der Waals surface area contributed by atoms with Crippen LogP contribution in [0.1, 0.15) is 26.1 Å².